The van der Waals surface area contributed by atoms with Crippen LogP contribution in [0.1, 0.15) is 29.2 Å². The van der Waals surface area contributed by atoms with Gasteiger partial charge in [0.15, 0.2) is 5.76 Å². The molecule has 1 aliphatic rings. The first-order chi connectivity index (χ1) is 18.4. The number of hydrogen-bond donors (Lipinski definition) is 0. The van der Waals surface area contributed by atoms with E-state index in [9.17, 15) is 4.79 Å². The van der Waals surface area contributed by atoms with E-state index in [1.54, 1.807) is 11.0 Å². The number of carbonyl (C=O) groups is 1. The second-order valence-corrected chi connectivity index (χ2v) is 9.40. The van der Waals surface area contributed by atoms with Crippen LogP contribution in [-0.4, -0.2) is 23.4 Å². The molecule has 190 valence electrons. The van der Waals surface area contributed by atoms with Crippen LogP contribution >= 0.6 is 0 Å². The summed E-state index contributed by atoms with van der Waals surface area (Å²) < 4.78 is 6.02. The van der Waals surface area contributed by atoms with E-state index >= 15 is 0 Å². The maximum atomic E-state index is 13.2. The smallest absolute Gasteiger partial charge is 0.305 e. The SMILES string of the molecule is CCN1C(=O)/C(=C\c2ccc(N(c3ccccc3)c3ccccc3)cc2)OC1=Nc1c(C)cc(C)cc1C. The lowest BCUT2D eigenvalue weighted by atomic mass is 10.1. The number of para-hydroxylation sites is 2. The standard InChI is InChI=1S/C33H31N3O2/c1-5-35-32(37)30(38-33(35)34-31-24(3)20-23(2)21-25(31)4)22-26-16-18-29(19-17-26)36(27-12-8-6-9-13-27)28-14-10-7-11-15-28/h6-22H,5H2,1-4H3/b30-22+,34-33?. The molecular weight excluding hydrogens is 470 g/mol. The van der Waals surface area contributed by atoms with Gasteiger partial charge < -0.3 is 9.64 Å². The summed E-state index contributed by atoms with van der Waals surface area (Å²) >= 11 is 0. The molecule has 0 aliphatic carbocycles. The molecule has 0 N–H and O–H groups in total. The first-order valence-corrected chi connectivity index (χ1v) is 12.8. The summed E-state index contributed by atoms with van der Waals surface area (Å²) in [4.78, 5) is 21.7. The van der Waals surface area contributed by atoms with E-state index in [1.165, 1.54) is 5.56 Å². The lowest BCUT2D eigenvalue weighted by molar-refractivity contribution is -0.122. The Morgan fingerprint density at radius 2 is 1.32 bits per heavy atom. The largest absolute Gasteiger partial charge is 0.419 e. The van der Waals surface area contributed by atoms with Crippen molar-refractivity contribution >= 4 is 40.8 Å². The molecule has 1 amide bonds. The predicted octanol–water partition coefficient (Wildman–Crippen LogP) is 7.99. The monoisotopic (exact) mass is 501 g/mol. The van der Waals surface area contributed by atoms with Crippen molar-refractivity contribution in [3.63, 3.8) is 0 Å². The van der Waals surface area contributed by atoms with E-state index in [-0.39, 0.29) is 11.7 Å². The molecule has 0 spiro atoms. The molecule has 4 aromatic rings. The number of anilines is 3. The number of amidine groups is 1. The summed E-state index contributed by atoms with van der Waals surface area (Å²) in [5, 5.41) is 0. The Labute approximate surface area is 224 Å². The molecule has 1 saturated heterocycles. The lowest BCUT2D eigenvalue weighted by Gasteiger charge is -2.25. The highest BCUT2D eigenvalue weighted by Crippen LogP contribution is 2.34. The van der Waals surface area contributed by atoms with Crippen LogP contribution in [0.2, 0.25) is 0 Å². The zero-order valence-corrected chi connectivity index (χ0v) is 22.2. The molecule has 0 aromatic heterocycles. The number of aliphatic imine (C=N–C) groups is 1. The summed E-state index contributed by atoms with van der Waals surface area (Å²) in [7, 11) is 0. The van der Waals surface area contributed by atoms with Gasteiger partial charge in [-0.25, -0.2) is 0 Å². The van der Waals surface area contributed by atoms with Crippen LogP contribution in [-0.2, 0) is 9.53 Å². The lowest BCUT2D eigenvalue weighted by Crippen LogP contribution is -2.29. The summed E-state index contributed by atoms with van der Waals surface area (Å²) in [5.74, 6) is 0.0803. The maximum Gasteiger partial charge on any atom is 0.305 e. The van der Waals surface area contributed by atoms with Gasteiger partial charge in [0, 0.05) is 23.6 Å². The fourth-order valence-corrected chi connectivity index (χ4v) is 4.79. The Bertz CT molecular complexity index is 1440. The molecule has 4 aromatic carbocycles. The second-order valence-electron chi connectivity index (χ2n) is 9.40. The minimum atomic E-state index is -0.187. The normalized spacial score (nSPS) is 15.3. The van der Waals surface area contributed by atoms with E-state index in [1.807, 2.05) is 69.3 Å². The number of carbonyl (C=O) groups excluding carboxylic acids is 1. The number of rotatable bonds is 6. The van der Waals surface area contributed by atoms with Crippen molar-refractivity contribution in [1.82, 2.24) is 4.90 Å². The molecule has 0 bridgehead atoms. The van der Waals surface area contributed by atoms with E-state index < -0.39 is 0 Å². The van der Waals surface area contributed by atoms with Crippen LogP contribution in [0.4, 0.5) is 22.7 Å². The Kier molecular flexibility index (Phi) is 7.09. The fraction of sp³-hybridized carbons (Fsp3) is 0.152. The minimum absolute atomic E-state index is 0.187. The molecule has 5 heteroatoms. The number of benzene rings is 4. The quantitative estimate of drug-likeness (QED) is 0.252. The first-order valence-electron chi connectivity index (χ1n) is 12.8. The van der Waals surface area contributed by atoms with Crippen molar-refractivity contribution < 1.29 is 9.53 Å². The Balaban J connectivity index is 1.45. The average Bonchev–Trinajstić information content (AvgIpc) is 3.22. The van der Waals surface area contributed by atoms with E-state index in [0.29, 0.717) is 12.6 Å². The number of nitrogens with zero attached hydrogens (tertiary/aromatic N) is 3. The van der Waals surface area contributed by atoms with Crippen molar-refractivity contribution in [2.24, 2.45) is 4.99 Å². The van der Waals surface area contributed by atoms with Crippen molar-refractivity contribution in [2.75, 3.05) is 11.4 Å². The predicted molar refractivity (Wildman–Crippen MR) is 155 cm³/mol. The average molecular weight is 502 g/mol. The van der Waals surface area contributed by atoms with E-state index in [2.05, 4.69) is 60.4 Å². The third-order valence-electron chi connectivity index (χ3n) is 6.52. The number of amides is 1. The van der Waals surface area contributed by atoms with E-state index in [4.69, 9.17) is 9.73 Å². The minimum Gasteiger partial charge on any atom is -0.419 e. The highest BCUT2D eigenvalue weighted by atomic mass is 16.5. The number of aryl methyl sites for hydroxylation is 3. The van der Waals surface area contributed by atoms with Crippen LogP contribution in [0.5, 0.6) is 0 Å². The topological polar surface area (TPSA) is 45.1 Å². The van der Waals surface area contributed by atoms with Gasteiger partial charge in [0.25, 0.3) is 5.91 Å². The van der Waals surface area contributed by atoms with Crippen molar-refractivity contribution in [2.45, 2.75) is 27.7 Å². The van der Waals surface area contributed by atoms with Crippen LogP contribution in [0.15, 0.2) is 108 Å². The van der Waals surface area contributed by atoms with Gasteiger partial charge in [-0.2, -0.15) is 4.99 Å². The zero-order chi connectivity index (χ0) is 26.6. The Morgan fingerprint density at radius 3 is 1.84 bits per heavy atom. The van der Waals surface area contributed by atoms with Crippen LogP contribution in [0.25, 0.3) is 6.08 Å². The van der Waals surface area contributed by atoms with Gasteiger partial charge in [-0.05, 0) is 86.9 Å². The highest BCUT2D eigenvalue weighted by Gasteiger charge is 2.34. The fourth-order valence-electron chi connectivity index (χ4n) is 4.79. The van der Waals surface area contributed by atoms with Gasteiger partial charge in [-0.15, -0.1) is 0 Å². The molecule has 5 nitrogen and oxygen atoms in total. The Morgan fingerprint density at radius 1 is 0.789 bits per heavy atom. The van der Waals surface area contributed by atoms with Gasteiger partial charge in [-0.1, -0.05) is 66.2 Å². The first kappa shape index (κ1) is 25.0. The van der Waals surface area contributed by atoms with Gasteiger partial charge in [0.2, 0.25) is 0 Å². The van der Waals surface area contributed by atoms with Crippen LogP contribution in [0.3, 0.4) is 0 Å². The third-order valence-corrected chi connectivity index (χ3v) is 6.52. The number of ether oxygens (including phenoxy) is 1. The van der Waals surface area contributed by atoms with Gasteiger partial charge in [0.05, 0.1) is 5.69 Å². The Hall–Kier alpha value is -4.64. The molecule has 1 fully saturated rings. The molecular formula is C33H31N3O2. The van der Waals surface area contributed by atoms with Gasteiger partial charge in [0.1, 0.15) is 0 Å². The summed E-state index contributed by atoms with van der Waals surface area (Å²) in [5.41, 5.74) is 8.16. The van der Waals surface area contributed by atoms with Crippen LogP contribution < -0.4 is 4.90 Å². The molecule has 0 unspecified atom stereocenters. The van der Waals surface area contributed by atoms with Crippen LogP contribution in [0, 0.1) is 20.8 Å². The van der Waals surface area contributed by atoms with Crippen molar-refractivity contribution in [3.8, 4) is 0 Å². The number of hydrogen-bond acceptors (Lipinski definition) is 4. The summed E-state index contributed by atoms with van der Waals surface area (Å²) in [6.45, 7) is 8.51. The third kappa shape index (κ3) is 5.09. The molecule has 1 aliphatic heterocycles. The van der Waals surface area contributed by atoms with Crippen molar-refractivity contribution in [1.29, 1.82) is 0 Å². The number of likely N-dealkylation sites (N-methyl/N-ethyl adjacent to an activating group) is 1. The second kappa shape index (κ2) is 10.8. The maximum absolute atomic E-state index is 13.2. The van der Waals surface area contributed by atoms with Gasteiger partial charge >= 0.3 is 6.02 Å². The molecule has 38 heavy (non-hydrogen) atoms. The molecule has 0 radical (unpaired) electrons. The molecule has 0 atom stereocenters. The summed E-state index contributed by atoms with van der Waals surface area (Å²) in [6.07, 6.45) is 1.78. The molecule has 1 heterocycles. The van der Waals surface area contributed by atoms with Gasteiger partial charge in [-0.3, -0.25) is 9.69 Å². The highest BCUT2D eigenvalue weighted by molar-refractivity contribution is 6.11. The van der Waals surface area contributed by atoms with E-state index in [0.717, 1.165) is 39.4 Å². The molecule has 0 saturated carbocycles. The summed E-state index contributed by atoms with van der Waals surface area (Å²) in [6, 6.07) is 33.1. The van der Waals surface area contributed by atoms with Crippen molar-refractivity contribution in [3.05, 3.63) is 125 Å². The molecule has 5 rings (SSSR count). The zero-order valence-electron chi connectivity index (χ0n) is 22.2.